The van der Waals surface area contributed by atoms with Crippen LogP contribution < -0.4 is 10.6 Å². The molecule has 0 spiro atoms. The Morgan fingerprint density at radius 1 is 1.52 bits per heavy atom. The number of rotatable bonds is 4. The molecule has 0 aromatic carbocycles. The largest absolute Gasteiger partial charge is 0.390 e. The highest BCUT2D eigenvalue weighted by molar-refractivity contribution is 6.32. The fourth-order valence-corrected chi connectivity index (χ4v) is 2.87. The van der Waals surface area contributed by atoms with E-state index >= 15 is 0 Å². The molecular weight excluding hydrogens is 339 g/mol. The predicted molar refractivity (Wildman–Crippen MR) is 92.5 cm³/mol. The SMILES string of the molecule is CC(C)Cc1nc(Cl)c2cnc(N[C@@H]3CCNC[C@H]3O)nn12.Cl. The lowest BCUT2D eigenvalue weighted by Crippen LogP contribution is -2.47. The van der Waals surface area contributed by atoms with Crippen molar-refractivity contribution in [2.24, 2.45) is 5.92 Å². The van der Waals surface area contributed by atoms with Gasteiger partial charge in [-0.1, -0.05) is 25.4 Å². The second-order valence-corrected chi connectivity index (χ2v) is 6.46. The normalized spacial score (nSPS) is 21.4. The van der Waals surface area contributed by atoms with Gasteiger partial charge in [-0.3, -0.25) is 0 Å². The average molecular weight is 361 g/mol. The molecule has 2 atom stereocenters. The van der Waals surface area contributed by atoms with Crippen molar-refractivity contribution < 1.29 is 5.11 Å². The summed E-state index contributed by atoms with van der Waals surface area (Å²) < 4.78 is 1.74. The molecule has 128 valence electrons. The van der Waals surface area contributed by atoms with E-state index in [2.05, 4.69) is 39.5 Å². The molecular formula is C14H22Cl2N6O. The summed E-state index contributed by atoms with van der Waals surface area (Å²) in [4.78, 5) is 8.66. The third-order valence-electron chi connectivity index (χ3n) is 3.77. The number of hydrogen-bond donors (Lipinski definition) is 3. The van der Waals surface area contributed by atoms with Crippen LogP contribution in [-0.2, 0) is 6.42 Å². The zero-order chi connectivity index (χ0) is 15.7. The van der Waals surface area contributed by atoms with Crippen LogP contribution in [0.1, 0.15) is 26.1 Å². The maximum atomic E-state index is 10.0. The van der Waals surface area contributed by atoms with Crippen LogP contribution in [-0.4, -0.2) is 49.9 Å². The number of β-amino-alcohol motifs (C(OH)–C–C–N with tert-alkyl or cyclic N) is 1. The van der Waals surface area contributed by atoms with Crippen LogP contribution in [0.5, 0.6) is 0 Å². The number of hydrogen-bond acceptors (Lipinski definition) is 6. The Morgan fingerprint density at radius 2 is 2.30 bits per heavy atom. The molecule has 23 heavy (non-hydrogen) atoms. The minimum Gasteiger partial charge on any atom is -0.390 e. The maximum Gasteiger partial charge on any atom is 0.241 e. The lowest BCUT2D eigenvalue weighted by molar-refractivity contribution is 0.128. The van der Waals surface area contributed by atoms with E-state index in [9.17, 15) is 5.11 Å². The van der Waals surface area contributed by atoms with E-state index in [-0.39, 0.29) is 18.4 Å². The lowest BCUT2D eigenvalue weighted by Gasteiger charge is -2.28. The van der Waals surface area contributed by atoms with Gasteiger partial charge in [-0.25, -0.2) is 14.5 Å². The Hall–Kier alpha value is -1.15. The Balaban J connectivity index is 0.00000192. The first-order valence-electron chi connectivity index (χ1n) is 7.60. The van der Waals surface area contributed by atoms with Crippen LogP contribution in [0.4, 0.5) is 5.95 Å². The van der Waals surface area contributed by atoms with Crippen molar-refractivity contribution in [3.63, 3.8) is 0 Å². The topological polar surface area (TPSA) is 87.4 Å². The molecule has 3 N–H and O–H groups in total. The molecule has 0 saturated carbocycles. The second kappa shape index (κ2) is 7.61. The van der Waals surface area contributed by atoms with Crippen molar-refractivity contribution in [3.05, 3.63) is 17.2 Å². The number of piperidine rings is 1. The minimum absolute atomic E-state index is 0. The van der Waals surface area contributed by atoms with Gasteiger partial charge in [0.25, 0.3) is 0 Å². The quantitative estimate of drug-likeness (QED) is 0.766. The van der Waals surface area contributed by atoms with Gasteiger partial charge in [-0.2, -0.15) is 0 Å². The van der Waals surface area contributed by atoms with Gasteiger partial charge in [0.05, 0.1) is 18.3 Å². The highest BCUT2D eigenvalue weighted by Gasteiger charge is 2.23. The van der Waals surface area contributed by atoms with Crippen molar-refractivity contribution in [2.75, 3.05) is 18.4 Å². The zero-order valence-corrected chi connectivity index (χ0v) is 14.7. The molecule has 2 aromatic rings. The highest BCUT2D eigenvalue weighted by Crippen LogP contribution is 2.20. The fourth-order valence-electron chi connectivity index (χ4n) is 2.65. The molecule has 0 radical (unpaired) electrons. The first-order valence-corrected chi connectivity index (χ1v) is 7.98. The van der Waals surface area contributed by atoms with Crippen molar-refractivity contribution in [1.82, 2.24) is 24.9 Å². The van der Waals surface area contributed by atoms with E-state index in [1.807, 2.05) is 0 Å². The molecule has 3 rings (SSSR count). The summed E-state index contributed by atoms with van der Waals surface area (Å²) in [5.41, 5.74) is 0.703. The van der Waals surface area contributed by atoms with E-state index in [4.69, 9.17) is 11.6 Å². The zero-order valence-electron chi connectivity index (χ0n) is 13.2. The molecule has 0 aliphatic carbocycles. The number of anilines is 1. The smallest absolute Gasteiger partial charge is 0.241 e. The monoisotopic (exact) mass is 360 g/mol. The third kappa shape index (κ3) is 4.03. The molecule has 1 fully saturated rings. The number of imidazole rings is 1. The van der Waals surface area contributed by atoms with Crippen LogP contribution in [0.2, 0.25) is 5.15 Å². The molecule has 2 aromatic heterocycles. The fraction of sp³-hybridized carbons (Fsp3) is 0.643. The maximum absolute atomic E-state index is 10.0. The van der Waals surface area contributed by atoms with Crippen LogP contribution in [0.25, 0.3) is 5.52 Å². The van der Waals surface area contributed by atoms with Crippen molar-refractivity contribution >= 4 is 35.5 Å². The molecule has 0 bridgehead atoms. The average Bonchev–Trinajstić information content (AvgIpc) is 2.77. The third-order valence-corrected chi connectivity index (χ3v) is 4.05. The molecule has 0 unspecified atom stereocenters. The van der Waals surface area contributed by atoms with Crippen LogP contribution in [0.3, 0.4) is 0 Å². The van der Waals surface area contributed by atoms with Crippen molar-refractivity contribution in [2.45, 2.75) is 38.8 Å². The summed E-state index contributed by atoms with van der Waals surface area (Å²) in [5.74, 6) is 1.77. The Labute approximate surface area is 146 Å². The van der Waals surface area contributed by atoms with Gasteiger partial charge < -0.3 is 15.7 Å². The number of fused-ring (bicyclic) bond motifs is 1. The highest BCUT2D eigenvalue weighted by atomic mass is 35.5. The number of nitrogens with one attached hydrogen (secondary N) is 2. The van der Waals surface area contributed by atoms with Gasteiger partial charge in [0.1, 0.15) is 11.3 Å². The first kappa shape index (κ1) is 18.2. The molecule has 9 heteroatoms. The predicted octanol–water partition coefficient (Wildman–Crippen LogP) is 1.53. The summed E-state index contributed by atoms with van der Waals surface area (Å²) >= 11 is 6.15. The lowest BCUT2D eigenvalue weighted by atomic mass is 10.0. The number of halogens is 2. The van der Waals surface area contributed by atoms with Crippen LogP contribution >= 0.6 is 24.0 Å². The Bertz CT molecular complexity index is 662. The van der Waals surface area contributed by atoms with Gasteiger partial charge in [0.2, 0.25) is 5.95 Å². The summed E-state index contributed by atoms with van der Waals surface area (Å²) in [7, 11) is 0. The van der Waals surface area contributed by atoms with E-state index in [1.165, 1.54) is 0 Å². The van der Waals surface area contributed by atoms with Gasteiger partial charge in [-0.05, 0) is 18.9 Å². The summed E-state index contributed by atoms with van der Waals surface area (Å²) in [6.07, 6.45) is 2.84. The van der Waals surface area contributed by atoms with E-state index in [0.717, 1.165) is 25.2 Å². The summed E-state index contributed by atoms with van der Waals surface area (Å²) in [5, 5.41) is 21.3. The van der Waals surface area contributed by atoms with Gasteiger partial charge in [0, 0.05) is 13.0 Å². The number of aliphatic hydroxyl groups is 1. The van der Waals surface area contributed by atoms with E-state index < -0.39 is 6.10 Å². The van der Waals surface area contributed by atoms with Crippen molar-refractivity contribution in [3.8, 4) is 0 Å². The molecule has 3 heterocycles. The van der Waals surface area contributed by atoms with Gasteiger partial charge in [-0.15, -0.1) is 17.5 Å². The van der Waals surface area contributed by atoms with E-state index in [0.29, 0.717) is 29.1 Å². The van der Waals surface area contributed by atoms with Crippen molar-refractivity contribution in [1.29, 1.82) is 0 Å². The molecule has 0 amide bonds. The van der Waals surface area contributed by atoms with Gasteiger partial charge >= 0.3 is 0 Å². The Kier molecular flexibility index (Phi) is 6.02. The Morgan fingerprint density at radius 3 is 3.00 bits per heavy atom. The molecule has 1 saturated heterocycles. The minimum atomic E-state index is -0.449. The second-order valence-electron chi connectivity index (χ2n) is 6.11. The van der Waals surface area contributed by atoms with E-state index in [1.54, 1.807) is 10.7 Å². The first-order chi connectivity index (χ1) is 10.5. The van der Waals surface area contributed by atoms with Gasteiger partial charge in [0.15, 0.2) is 5.15 Å². The number of nitrogens with zero attached hydrogens (tertiary/aromatic N) is 4. The van der Waals surface area contributed by atoms with Crippen LogP contribution in [0.15, 0.2) is 6.20 Å². The summed E-state index contributed by atoms with van der Waals surface area (Å²) in [6, 6.07) is -0.0498. The molecule has 1 aliphatic heterocycles. The van der Waals surface area contributed by atoms with Crippen LogP contribution in [0, 0.1) is 5.92 Å². The standard InChI is InChI=1S/C14H21ClN6O.ClH/c1-8(2)5-12-19-13(15)10-6-17-14(20-21(10)12)18-9-3-4-16-7-11(9)22;/h6,8-9,11,16,22H,3-5,7H2,1-2H3,(H,18,20);1H/t9-,11-;/m1./s1. The summed E-state index contributed by atoms with van der Waals surface area (Å²) in [6.45, 7) is 5.70. The molecule has 7 nitrogen and oxygen atoms in total. The number of aliphatic hydroxyl groups excluding tert-OH is 1. The number of aromatic nitrogens is 4. The molecule has 1 aliphatic rings.